The molecule has 1 aliphatic rings. The maximum atomic E-state index is 12.8. The van der Waals surface area contributed by atoms with Crippen LogP contribution in [0, 0.1) is 0 Å². The van der Waals surface area contributed by atoms with Crippen LogP contribution in [0.4, 0.5) is 24.8 Å². The molecule has 1 aliphatic heterocycles. The predicted octanol–water partition coefficient (Wildman–Crippen LogP) is 1.79. The molecular weight excluding hydrogens is 437 g/mol. The van der Waals surface area contributed by atoms with Crippen LogP contribution in [0.25, 0.3) is 11.2 Å². The van der Waals surface area contributed by atoms with Gasteiger partial charge in [0.15, 0.2) is 17.0 Å². The number of fused-ring (bicyclic) bond motifs is 1. The number of β-amino-alcohol motifs (C(OH)–C–C–N with tert-alkyl or cyclic N) is 1. The van der Waals surface area contributed by atoms with E-state index >= 15 is 0 Å². The summed E-state index contributed by atoms with van der Waals surface area (Å²) in [6.07, 6.45) is 0.414. The summed E-state index contributed by atoms with van der Waals surface area (Å²) in [6.45, 7) is 1.75. The quantitative estimate of drug-likeness (QED) is 0.540. The number of nitrogens with zero attached hydrogens (tertiary/aromatic N) is 8. The number of aliphatic hydroxyl groups is 1. The standard InChI is InChI=1S/C21H27F3N8O/c1-29(11-20(33)6-8-31(12-20)16-5-3-4-7-25-16)9-10-30(2)18-17-19(27-14-26-18)32(15-28-17)13-21(22,23)24/h3-5,7,14-15,33H,6,8-13H2,1-2H3. The number of anilines is 2. The molecule has 0 saturated carbocycles. The Bertz CT molecular complexity index is 1080. The molecule has 0 bridgehead atoms. The number of rotatable bonds is 8. The van der Waals surface area contributed by atoms with Gasteiger partial charge >= 0.3 is 6.18 Å². The third-order valence-corrected chi connectivity index (χ3v) is 5.78. The van der Waals surface area contributed by atoms with E-state index in [1.165, 1.54) is 6.33 Å². The average Bonchev–Trinajstić information content (AvgIpc) is 3.35. The lowest BCUT2D eigenvalue weighted by Gasteiger charge is -2.30. The van der Waals surface area contributed by atoms with Gasteiger partial charge in [0, 0.05) is 46.0 Å². The number of likely N-dealkylation sites (N-methyl/N-ethyl adjacent to an activating group) is 2. The van der Waals surface area contributed by atoms with Crippen LogP contribution in [0.3, 0.4) is 0 Å². The van der Waals surface area contributed by atoms with Gasteiger partial charge in [-0.05, 0) is 25.6 Å². The molecule has 1 fully saturated rings. The number of imidazole rings is 1. The Balaban J connectivity index is 1.35. The van der Waals surface area contributed by atoms with Gasteiger partial charge < -0.3 is 24.4 Å². The Kier molecular flexibility index (Phi) is 6.39. The van der Waals surface area contributed by atoms with Crippen LogP contribution in [0.5, 0.6) is 0 Å². The first-order valence-electron chi connectivity index (χ1n) is 10.6. The molecule has 12 heteroatoms. The molecule has 4 rings (SSSR count). The van der Waals surface area contributed by atoms with Crippen molar-refractivity contribution in [2.24, 2.45) is 0 Å². The summed E-state index contributed by atoms with van der Waals surface area (Å²) in [7, 11) is 3.74. The molecule has 3 aromatic rings. The van der Waals surface area contributed by atoms with E-state index in [9.17, 15) is 18.3 Å². The van der Waals surface area contributed by atoms with Gasteiger partial charge in [-0.25, -0.2) is 19.9 Å². The zero-order valence-electron chi connectivity index (χ0n) is 18.6. The molecule has 4 heterocycles. The fraction of sp³-hybridized carbons (Fsp3) is 0.524. The van der Waals surface area contributed by atoms with Crippen molar-refractivity contribution in [1.82, 2.24) is 29.4 Å². The van der Waals surface area contributed by atoms with Crippen molar-refractivity contribution in [3.8, 4) is 0 Å². The Labute approximate surface area is 189 Å². The SMILES string of the molecule is CN(CCN(C)c1ncnc2c1ncn2CC(F)(F)F)CC1(O)CCN(c2ccccn2)C1. The summed E-state index contributed by atoms with van der Waals surface area (Å²) in [4.78, 5) is 22.6. The summed E-state index contributed by atoms with van der Waals surface area (Å²) in [5, 5.41) is 11.1. The van der Waals surface area contributed by atoms with Crippen molar-refractivity contribution in [1.29, 1.82) is 0 Å². The molecule has 0 spiro atoms. The second-order valence-corrected chi connectivity index (χ2v) is 8.60. The summed E-state index contributed by atoms with van der Waals surface area (Å²) in [5.74, 6) is 1.32. The molecule has 178 valence electrons. The lowest BCUT2D eigenvalue weighted by Crippen LogP contribution is -2.45. The van der Waals surface area contributed by atoms with Crippen molar-refractivity contribution >= 4 is 22.8 Å². The van der Waals surface area contributed by atoms with E-state index < -0.39 is 18.3 Å². The fourth-order valence-electron chi connectivity index (χ4n) is 4.19. The van der Waals surface area contributed by atoms with Crippen molar-refractivity contribution < 1.29 is 18.3 Å². The van der Waals surface area contributed by atoms with Crippen LogP contribution in [-0.4, -0.2) is 93.1 Å². The number of alkyl halides is 3. The minimum Gasteiger partial charge on any atom is -0.387 e. The van der Waals surface area contributed by atoms with E-state index in [2.05, 4.69) is 24.8 Å². The first-order valence-corrected chi connectivity index (χ1v) is 10.6. The van der Waals surface area contributed by atoms with Gasteiger partial charge in [-0.1, -0.05) is 6.07 Å². The molecule has 1 N–H and O–H groups in total. The van der Waals surface area contributed by atoms with Crippen LogP contribution in [0.1, 0.15) is 6.42 Å². The van der Waals surface area contributed by atoms with E-state index in [-0.39, 0.29) is 5.65 Å². The highest BCUT2D eigenvalue weighted by Crippen LogP contribution is 2.27. The number of hydrogen-bond donors (Lipinski definition) is 1. The van der Waals surface area contributed by atoms with Crippen LogP contribution in [0.15, 0.2) is 37.1 Å². The number of hydrogen-bond acceptors (Lipinski definition) is 8. The molecular formula is C21H27F3N8O. The third-order valence-electron chi connectivity index (χ3n) is 5.78. The molecule has 0 radical (unpaired) electrons. The van der Waals surface area contributed by atoms with Gasteiger partial charge in [0.2, 0.25) is 0 Å². The Morgan fingerprint density at radius 3 is 2.67 bits per heavy atom. The van der Waals surface area contributed by atoms with Crippen LogP contribution in [0.2, 0.25) is 0 Å². The van der Waals surface area contributed by atoms with E-state index in [0.29, 0.717) is 43.9 Å². The van der Waals surface area contributed by atoms with E-state index in [4.69, 9.17) is 0 Å². The first-order chi connectivity index (χ1) is 15.6. The molecule has 9 nitrogen and oxygen atoms in total. The minimum absolute atomic E-state index is 0.146. The molecule has 0 amide bonds. The highest BCUT2D eigenvalue weighted by Gasteiger charge is 2.37. The molecule has 1 saturated heterocycles. The van der Waals surface area contributed by atoms with Crippen molar-refractivity contribution in [2.45, 2.75) is 24.7 Å². The fourth-order valence-corrected chi connectivity index (χ4v) is 4.19. The molecule has 3 aromatic heterocycles. The Morgan fingerprint density at radius 2 is 1.94 bits per heavy atom. The number of aromatic nitrogens is 5. The van der Waals surface area contributed by atoms with E-state index in [0.717, 1.165) is 23.3 Å². The van der Waals surface area contributed by atoms with Crippen LogP contribution >= 0.6 is 0 Å². The van der Waals surface area contributed by atoms with E-state index in [1.807, 2.05) is 42.1 Å². The summed E-state index contributed by atoms with van der Waals surface area (Å²) in [5.41, 5.74) is -0.372. The van der Waals surface area contributed by atoms with Gasteiger partial charge in [-0.3, -0.25) is 0 Å². The van der Waals surface area contributed by atoms with Crippen molar-refractivity contribution in [3.05, 3.63) is 37.1 Å². The molecule has 0 aromatic carbocycles. The predicted molar refractivity (Wildman–Crippen MR) is 118 cm³/mol. The summed E-state index contributed by atoms with van der Waals surface area (Å²) >= 11 is 0. The molecule has 33 heavy (non-hydrogen) atoms. The van der Waals surface area contributed by atoms with Crippen LogP contribution in [-0.2, 0) is 6.54 Å². The highest BCUT2D eigenvalue weighted by molar-refractivity contribution is 5.83. The molecule has 1 atom stereocenters. The third kappa shape index (κ3) is 5.50. The lowest BCUT2D eigenvalue weighted by atomic mass is 10.0. The van der Waals surface area contributed by atoms with Crippen molar-refractivity contribution in [2.75, 3.05) is 56.6 Å². The highest BCUT2D eigenvalue weighted by atomic mass is 19.4. The van der Waals surface area contributed by atoms with Gasteiger partial charge in [0.1, 0.15) is 18.7 Å². The van der Waals surface area contributed by atoms with Gasteiger partial charge in [0.05, 0.1) is 11.9 Å². The smallest absolute Gasteiger partial charge is 0.387 e. The maximum Gasteiger partial charge on any atom is 0.406 e. The topological polar surface area (TPSA) is 86.4 Å². The summed E-state index contributed by atoms with van der Waals surface area (Å²) < 4.78 is 39.4. The Hall–Kier alpha value is -2.99. The first kappa shape index (κ1) is 23.2. The monoisotopic (exact) mass is 464 g/mol. The summed E-state index contributed by atoms with van der Waals surface area (Å²) in [6, 6.07) is 5.73. The zero-order valence-corrected chi connectivity index (χ0v) is 18.6. The normalized spacial score (nSPS) is 19.1. The lowest BCUT2D eigenvalue weighted by molar-refractivity contribution is -0.140. The second kappa shape index (κ2) is 9.10. The van der Waals surface area contributed by atoms with Gasteiger partial charge in [-0.2, -0.15) is 13.2 Å². The minimum atomic E-state index is -4.36. The maximum absolute atomic E-state index is 12.8. The van der Waals surface area contributed by atoms with Crippen molar-refractivity contribution in [3.63, 3.8) is 0 Å². The zero-order chi connectivity index (χ0) is 23.6. The number of halogens is 3. The molecule has 1 unspecified atom stereocenters. The van der Waals surface area contributed by atoms with Gasteiger partial charge in [-0.15, -0.1) is 0 Å². The van der Waals surface area contributed by atoms with Crippen LogP contribution < -0.4 is 9.80 Å². The average molecular weight is 464 g/mol. The largest absolute Gasteiger partial charge is 0.406 e. The number of pyridine rings is 1. The second-order valence-electron chi connectivity index (χ2n) is 8.60. The Morgan fingerprint density at radius 1 is 1.12 bits per heavy atom. The van der Waals surface area contributed by atoms with E-state index in [1.54, 1.807) is 6.20 Å². The molecule has 0 aliphatic carbocycles. The van der Waals surface area contributed by atoms with Gasteiger partial charge in [0.25, 0.3) is 0 Å².